The van der Waals surface area contributed by atoms with Crippen LogP contribution in [-0.2, 0) is 54.3 Å². The van der Waals surface area contributed by atoms with Crippen molar-refractivity contribution in [2.45, 2.75) is 161 Å². The number of hydrogen-bond acceptors (Lipinski definition) is 16. The molecule has 0 amide bonds. The normalized spacial score (nSPS) is 40.0. The van der Waals surface area contributed by atoms with E-state index in [2.05, 4.69) is 15.3 Å². The Morgan fingerprint density at radius 1 is 1.02 bits per heavy atom. The molecule has 0 radical (unpaired) electrons. The van der Waals surface area contributed by atoms with Crippen LogP contribution in [0.3, 0.4) is 0 Å². The molecule has 4 heterocycles. The van der Waals surface area contributed by atoms with Crippen molar-refractivity contribution in [3.8, 4) is 0 Å². The molecule has 6 unspecified atom stereocenters. The Morgan fingerprint density at radius 2 is 1.69 bits per heavy atom. The third-order valence-corrected chi connectivity index (χ3v) is 13.2. The molecule has 4 fully saturated rings. The number of cyclic esters (lactones) is 1. The van der Waals surface area contributed by atoms with Gasteiger partial charge in [0.05, 0.1) is 17.8 Å². The van der Waals surface area contributed by atoms with Crippen LogP contribution in [0, 0.1) is 35.5 Å². The van der Waals surface area contributed by atoms with Crippen LogP contribution in [0.1, 0.15) is 118 Å². The molecule has 1 aliphatic carbocycles. The van der Waals surface area contributed by atoms with Crippen molar-refractivity contribution < 1.29 is 57.3 Å². The standard InChI is InChI=1S/C41H65N5O12/c1-12-27-41(8)30(29(38(51)57-41)35(42)45-53-19-28-43-36(58-44-28)25-15-13-14-16-25)22(4)31(47)20(2)18-40(7,52-11)34(23(5)32(48)24(6)37(50)55-27)56-39-33(49)26(46(9)10)17-21(3)54-39/h20-27,29-30,33-34,39,49H,12-19H2,1-11H3,(H2,42,45)/t20-,21?,22-,23+,24-,26?,27-,29?,30?,33?,34-,39?,40+,41-/m1/s1. The first-order valence-corrected chi connectivity index (χ1v) is 20.8. The molecule has 3 aliphatic heterocycles. The number of oxime groups is 1. The van der Waals surface area contributed by atoms with Crippen molar-refractivity contribution in [1.82, 2.24) is 15.0 Å². The third-order valence-electron chi connectivity index (χ3n) is 13.2. The van der Waals surface area contributed by atoms with E-state index >= 15 is 0 Å². The molecule has 3 N–H and O–H groups in total. The van der Waals surface area contributed by atoms with E-state index in [9.17, 15) is 24.3 Å². The quantitative estimate of drug-likeness (QED) is 0.113. The topological polar surface area (TPSA) is 224 Å². The number of nitrogens with two attached hydrogens (primary N) is 1. The molecule has 17 heteroatoms. The zero-order chi connectivity index (χ0) is 42.9. The van der Waals surface area contributed by atoms with Gasteiger partial charge >= 0.3 is 11.9 Å². The summed E-state index contributed by atoms with van der Waals surface area (Å²) in [5, 5.41) is 19.5. The molecule has 0 bridgehead atoms. The van der Waals surface area contributed by atoms with Crippen LogP contribution in [0.2, 0.25) is 0 Å². The smallest absolute Gasteiger partial charge is 0.317 e. The Morgan fingerprint density at radius 3 is 2.31 bits per heavy atom. The number of hydrogen-bond donors (Lipinski definition) is 2. The number of Topliss-reactive ketones (excluding diaryl/α,β-unsaturated/α-hetero) is 2. The second-order valence-electron chi connectivity index (χ2n) is 17.6. The monoisotopic (exact) mass is 819 g/mol. The number of likely N-dealkylation sites (N-methyl/N-ethyl adjacent to an activating group) is 1. The van der Waals surface area contributed by atoms with E-state index in [1.54, 1.807) is 41.5 Å². The fraction of sp³-hybridized carbons (Fsp3) is 0.829. The summed E-state index contributed by atoms with van der Waals surface area (Å²) < 4.78 is 36.4. The Balaban J connectivity index is 1.49. The van der Waals surface area contributed by atoms with Gasteiger partial charge in [0.2, 0.25) is 11.7 Å². The number of methoxy groups -OCH3 is 1. The van der Waals surface area contributed by atoms with E-state index in [1.165, 1.54) is 14.0 Å². The number of rotatable bonds is 10. The lowest BCUT2D eigenvalue weighted by Crippen LogP contribution is -2.59. The molecule has 326 valence electrons. The fourth-order valence-electron chi connectivity index (χ4n) is 9.83. The molecule has 3 saturated heterocycles. The Hall–Kier alpha value is -3.51. The second-order valence-corrected chi connectivity index (χ2v) is 17.6. The van der Waals surface area contributed by atoms with Gasteiger partial charge in [0.15, 0.2) is 30.1 Å². The van der Waals surface area contributed by atoms with Gasteiger partial charge in [-0.15, -0.1) is 0 Å². The SMILES string of the molecule is CC[C@H]1OC(=O)[C@H](C)C(=O)[C@H](C)[C@@H](OC2OC(C)CC(N(C)C)C2O)[C@@](C)(OC)C[C@@H](C)C(=O)[C@H](C)C2C(/C(N)=N\OCc3noc(C4CCCC4)n3)C(=O)O[C@@]21C. The number of carbonyl (C=O) groups is 4. The molecule has 58 heavy (non-hydrogen) atoms. The molecule has 0 aromatic carbocycles. The summed E-state index contributed by atoms with van der Waals surface area (Å²) in [7, 11) is 5.17. The van der Waals surface area contributed by atoms with E-state index in [0.29, 0.717) is 12.3 Å². The summed E-state index contributed by atoms with van der Waals surface area (Å²) in [5.41, 5.74) is 3.63. The Kier molecular flexibility index (Phi) is 14.5. The lowest BCUT2D eigenvalue weighted by atomic mass is 9.67. The Labute approximate surface area is 341 Å². The number of ketones is 2. The number of fused-ring (bicyclic) bond motifs is 1. The maximum atomic E-state index is 14.7. The number of esters is 2. The van der Waals surface area contributed by atoms with Gasteiger partial charge in [-0.1, -0.05) is 50.8 Å². The van der Waals surface area contributed by atoms with E-state index < -0.39 is 89.0 Å². The van der Waals surface area contributed by atoms with Crippen LogP contribution >= 0.6 is 0 Å². The molecule has 4 aliphatic rings. The van der Waals surface area contributed by atoms with Gasteiger partial charge in [0, 0.05) is 42.7 Å². The van der Waals surface area contributed by atoms with Crippen LogP contribution in [0.25, 0.3) is 0 Å². The Bertz CT molecular complexity index is 1660. The van der Waals surface area contributed by atoms with E-state index in [4.69, 9.17) is 38.8 Å². The van der Waals surface area contributed by atoms with E-state index in [1.807, 2.05) is 25.9 Å². The van der Waals surface area contributed by atoms with Gasteiger partial charge < -0.3 is 48.8 Å². The average Bonchev–Trinajstić information content (AvgIpc) is 3.94. The van der Waals surface area contributed by atoms with Crippen molar-refractivity contribution in [1.29, 1.82) is 0 Å². The summed E-state index contributed by atoms with van der Waals surface area (Å²) in [6.45, 7) is 13.3. The fourth-order valence-corrected chi connectivity index (χ4v) is 9.83. The molecule has 5 rings (SSSR count). The van der Waals surface area contributed by atoms with Crippen LogP contribution in [0.5, 0.6) is 0 Å². The van der Waals surface area contributed by atoms with E-state index in [0.717, 1.165) is 25.7 Å². The first-order valence-electron chi connectivity index (χ1n) is 20.8. The van der Waals surface area contributed by atoms with Gasteiger partial charge in [-0.2, -0.15) is 4.98 Å². The number of amidine groups is 1. The minimum Gasteiger partial charge on any atom is -0.458 e. The molecule has 14 atom stereocenters. The number of carbonyl (C=O) groups excluding carboxylic acids is 4. The summed E-state index contributed by atoms with van der Waals surface area (Å²) in [6.07, 6.45) is 0.258. The number of aliphatic hydroxyl groups excluding tert-OH is 1. The lowest BCUT2D eigenvalue weighted by Gasteiger charge is -2.47. The molecule has 17 nitrogen and oxygen atoms in total. The van der Waals surface area contributed by atoms with Crippen molar-refractivity contribution >= 4 is 29.3 Å². The number of aliphatic hydroxyl groups is 1. The molecular formula is C41H65N5O12. The summed E-state index contributed by atoms with van der Waals surface area (Å²) >= 11 is 0. The van der Waals surface area contributed by atoms with Crippen molar-refractivity contribution in [3.63, 3.8) is 0 Å². The minimum absolute atomic E-state index is 0.0591. The molecular weight excluding hydrogens is 754 g/mol. The van der Waals surface area contributed by atoms with Gasteiger partial charge in [-0.25, -0.2) is 0 Å². The molecule has 0 spiro atoms. The predicted octanol–water partition coefficient (Wildman–Crippen LogP) is 3.69. The van der Waals surface area contributed by atoms with Gasteiger partial charge in [0.25, 0.3) is 0 Å². The van der Waals surface area contributed by atoms with Gasteiger partial charge in [-0.3, -0.25) is 19.2 Å². The average molecular weight is 820 g/mol. The van der Waals surface area contributed by atoms with Gasteiger partial charge in [-0.05, 0) is 73.9 Å². The van der Waals surface area contributed by atoms with Crippen LogP contribution in [0.15, 0.2) is 9.68 Å². The highest BCUT2D eigenvalue weighted by atomic mass is 16.7. The molecule has 1 aromatic rings. The van der Waals surface area contributed by atoms with Gasteiger partial charge in [0.1, 0.15) is 29.8 Å². The van der Waals surface area contributed by atoms with Crippen molar-refractivity contribution in [2.75, 3.05) is 21.2 Å². The van der Waals surface area contributed by atoms with Crippen molar-refractivity contribution in [2.24, 2.45) is 46.4 Å². The zero-order valence-corrected chi connectivity index (χ0v) is 36.0. The van der Waals surface area contributed by atoms with Crippen LogP contribution in [-0.4, -0.2) is 119 Å². The predicted molar refractivity (Wildman–Crippen MR) is 208 cm³/mol. The molecule has 1 saturated carbocycles. The maximum Gasteiger partial charge on any atom is 0.317 e. The second kappa shape index (κ2) is 18.4. The molecule has 1 aromatic heterocycles. The highest BCUT2D eigenvalue weighted by Gasteiger charge is 2.62. The zero-order valence-electron chi connectivity index (χ0n) is 36.0. The summed E-state index contributed by atoms with van der Waals surface area (Å²) in [6, 6.07) is -0.304. The highest BCUT2D eigenvalue weighted by molar-refractivity contribution is 6.03. The number of nitrogens with zero attached hydrogens (tertiary/aromatic N) is 4. The largest absolute Gasteiger partial charge is 0.458 e. The van der Waals surface area contributed by atoms with E-state index in [-0.39, 0.29) is 55.0 Å². The lowest BCUT2D eigenvalue weighted by molar-refractivity contribution is -0.295. The van der Waals surface area contributed by atoms with Crippen molar-refractivity contribution in [3.05, 3.63) is 11.7 Å². The number of ether oxygens (including phenoxy) is 5. The summed E-state index contributed by atoms with van der Waals surface area (Å²) in [4.78, 5) is 68.7. The first-order chi connectivity index (χ1) is 27.3. The summed E-state index contributed by atoms with van der Waals surface area (Å²) in [5.74, 6) is -7.76. The maximum absolute atomic E-state index is 14.7. The third kappa shape index (κ3) is 9.13. The van der Waals surface area contributed by atoms with Crippen LogP contribution < -0.4 is 5.73 Å². The number of aromatic nitrogens is 2. The first kappa shape index (κ1) is 45.6. The highest BCUT2D eigenvalue weighted by Crippen LogP contribution is 2.48. The van der Waals surface area contributed by atoms with Crippen LogP contribution in [0.4, 0.5) is 0 Å². The minimum atomic E-state index is -1.56.